The minimum Gasteiger partial charge on any atom is -0.385 e. The van der Waals surface area contributed by atoms with Crippen LogP contribution in [-0.2, 0) is 19.9 Å². The van der Waals surface area contributed by atoms with Crippen LogP contribution in [0.1, 0.15) is 49.7 Å². The second-order valence-electron chi connectivity index (χ2n) is 10.4. The summed E-state index contributed by atoms with van der Waals surface area (Å²) in [5.41, 5.74) is 5.91. The van der Waals surface area contributed by atoms with E-state index in [4.69, 9.17) is 15.2 Å². The van der Waals surface area contributed by atoms with Gasteiger partial charge in [0, 0.05) is 37.8 Å². The first-order chi connectivity index (χ1) is 17.7. The van der Waals surface area contributed by atoms with Gasteiger partial charge in [0.2, 0.25) is 5.91 Å². The Hall–Kier alpha value is -2.39. The van der Waals surface area contributed by atoms with Crippen molar-refractivity contribution in [2.45, 2.75) is 63.2 Å². The molecule has 1 saturated carbocycles. The molecule has 0 spiro atoms. The van der Waals surface area contributed by atoms with Gasteiger partial charge < -0.3 is 25.2 Å². The minimum absolute atomic E-state index is 0.0385. The number of amides is 1. The predicted octanol–water partition coefficient (Wildman–Crippen LogP) is 4.30. The summed E-state index contributed by atoms with van der Waals surface area (Å²) in [5.74, 6) is -0.970. The number of unbranched alkanes of at least 4 members (excludes halogenated alkanes) is 1. The van der Waals surface area contributed by atoms with Gasteiger partial charge in [-0.05, 0) is 80.3 Å². The lowest BCUT2D eigenvalue weighted by atomic mass is 9.78. The monoisotopic (exact) mass is 516 g/mol. The molecule has 4 rings (SSSR count). The third-order valence-corrected chi connectivity index (χ3v) is 7.82. The van der Waals surface area contributed by atoms with Crippen LogP contribution in [0.2, 0.25) is 0 Å². The number of benzene rings is 2. The fourth-order valence-electron chi connectivity index (χ4n) is 5.73. The van der Waals surface area contributed by atoms with Crippen LogP contribution in [0.4, 0.5) is 8.78 Å². The normalized spacial score (nSPS) is 23.7. The minimum atomic E-state index is -1.58. The molecule has 3 N–H and O–H groups in total. The van der Waals surface area contributed by atoms with Crippen LogP contribution in [0.3, 0.4) is 0 Å². The second-order valence-corrected chi connectivity index (χ2v) is 10.4. The molecule has 0 radical (unpaired) electrons. The Balaban J connectivity index is 1.70. The summed E-state index contributed by atoms with van der Waals surface area (Å²) in [6, 6.07) is 9.06. The highest BCUT2D eigenvalue weighted by atomic mass is 19.1. The molecule has 1 aliphatic heterocycles. The van der Waals surface area contributed by atoms with Crippen molar-refractivity contribution in [3.05, 3.63) is 59.2 Å². The number of hydrogen-bond donors (Lipinski definition) is 2. The zero-order chi connectivity index (χ0) is 26.6. The number of aryl methyl sites for hydroxylation is 1. The average Bonchev–Trinajstić information content (AvgIpc) is 3.34. The Kier molecular flexibility index (Phi) is 8.95. The number of nitrogens with two attached hydrogens (primary N) is 1. The molecular weight excluding hydrogens is 478 g/mol. The van der Waals surface area contributed by atoms with Crippen molar-refractivity contribution in [3.63, 3.8) is 0 Å². The Bertz CT molecular complexity index is 1100. The first-order valence-corrected chi connectivity index (χ1v) is 13.2. The Morgan fingerprint density at radius 1 is 1.22 bits per heavy atom. The number of morpholine rings is 1. The number of nitrogens with zero attached hydrogens (tertiary/aromatic N) is 1. The van der Waals surface area contributed by atoms with Crippen LogP contribution in [0.15, 0.2) is 36.4 Å². The molecule has 1 saturated heterocycles. The number of aliphatic hydroxyl groups is 1. The maximum Gasteiger partial charge on any atom is 0.225 e. The number of rotatable bonds is 9. The van der Waals surface area contributed by atoms with Gasteiger partial charge in [-0.2, -0.15) is 0 Å². The number of methoxy groups -OCH3 is 1. The van der Waals surface area contributed by atoms with E-state index in [1.165, 1.54) is 18.2 Å². The smallest absolute Gasteiger partial charge is 0.225 e. The summed E-state index contributed by atoms with van der Waals surface area (Å²) in [6.07, 6.45) is 3.10. The highest BCUT2D eigenvalue weighted by molar-refractivity contribution is 5.79. The summed E-state index contributed by atoms with van der Waals surface area (Å²) < 4.78 is 40.7. The van der Waals surface area contributed by atoms with E-state index in [-0.39, 0.29) is 48.8 Å². The standard InChI is InChI=1S/C29H38F2N2O4/c1-19-16-20(9-11-24(19)30)27-23(6-5-7-25(27)31)29(35,12-3-4-14-36-2)26-18-33(13-15-37-26)28(34)21-8-10-22(32)17-21/h5-7,9,11,16,21-22,26,35H,3-4,8,10,12-15,17-18,32H2,1-2H3/t21-,22+,26-,29-/m1/s1. The Labute approximate surface area is 217 Å². The fraction of sp³-hybridized carbons (Fsp3) is 0.552. The first-order valence-electron chi connectivity index (χ1n) is 13.2. The van der Waals surface area contributed by atoms with E-state index >= 15 is 4.39 Å². The summed E-state index contributed by atoms with van der Waals surface area (Å²) >= 11 is 0. The molecular formula is C29H38F2N2O4. The van der Waals surface area contributed by atoms with Gasteiger partial charge in [-0.15, -0.1) is 0 Å². The van der Waals surface area contributed by atoms with E-state index in [9.17, 15) is 14.3 Å². The first kappa shape index (κ1) is 27.6. The summed E-state index contributed by atoms with van der Waals surface area (Å²) in [7, 11) is 1.62. The van der Waals surface area contributed by atoms with Crippen molar-refractivity contribution in [3.8, 4) is 11.1 Å². The number of carbonyl (C=O) groups excluding carboxylic acids is 1. The molecule has 0 aromatic heterocycles. The molecule has 2 fully saturated rings. The highest BCUT2D eigenvalue weighted by Gasteiger charge is 2.45. The van der Waals surface area contributed by atoms with Crippen LogP contribution < -0.4 is 5.73 Å². The molecule has 4 atom stereocenters. The number of hydrogen-bond acceptors (Lipinski definition) is 5. The van der Waals surface area contributed by atoms with Crippen LogP contribution >= 0.6 is 0 Å². The van der Waals surface area contributed by atoms with E-state index in [0.29, 0.717) is 49.1 Å². The van der Waals surface area contributed by atoms with Crippen molar-refractivity contribution in [2.24, 2.45) is 11.7 Å². The van der Waals surface area contributed by atoms with Crippen LogP contribution in [0, 0.1) is 24.5 Å². The van der Waals surface area contributed by atoms with Gasteiger partial charge >= 0.3 is 0 Å². The van der Waals surface area contributed by atoms with E-state index < -0.39 is 17.5 Å². The van der Waals surface area contributed by atoms with Crippen LogP contribution in [-0.4, -0.2) is 61.5 Å². The molecule has 0 bridgehead atoms. The Morgan fingerprint density at radius 3 is 2.73 bits per heavy atom. The average molecular weight is 517 g/mol. The summed E-state index contributed by atoms with van der Waals surface area (Å²) in [5, 5.41) is 12.3. The molecule has 2 aliphatic rings. The van der Waals surface area contributed by atoms with Gasteiger partial charge in [0.15, 0.2) is 0 Å². The summed E-state index contributed by atoms with van der Waals surface area (Å²) in [6.45, 7) is 3.06. The fourth-order valence-corrected chi connectivity index (χ4v) is 5.73. The van der Waals surface area contributed by atoms with Gasteiger partial charge in [-0.3, -0.25) is 4.79 Å². The largest absolute Gasteiger partial charge is 0.385 e. The topological polar surface area (TPSA) is 85.0 Å². The van der Waals surface area contributed by atoms with Gasteiger partial charge in [-0.1, -0.05) is 18.2 Å². The lowest BCUT2D eigenvalue weighted by Gasteiger charge is -2.43. The molecule has 6 nitrogen and oxygen atoms in total. The third-order valence-electron chi connectivity index (χ3n) is 7.82. The highest BCUT2D eigenvalue weighted by Crippen LogP contribution is 2.41. The van der Waals surface area contributed by atoms with Crippen molar-refractivity contribution in [2.75, 3.05) is 33.4 Å². The number of halogens is 2. The van der Waals surface area contributed by atoms with Gasteiger partial charge in [0.05, 0.1) is 13.2 Å². The maximum absolute atomic E-state index is 15.4. The second kappa shape index (κ2) is 12.0. The van der Waals surface area contributed by atoms with E-state index in [2.05, 4.69) is 0 Å². The number of ether oxygens (including phenoxy) is 2. The molecule has 1 aliphatic carbocycles. The maximum atomic E-state index is 15.4. The SMILES string of the molecule is COCCCC[C@@](O)(c1cccc(F)c1-c1ccc(F)c(C)c1)[C@H]1CN(C(=O)[C@@H]2CC[C@H](N)C2)CCO1. The van der Waals surface area contributed by atoms with Crippen molar-refractivity contribution in [1.29, 1.82) is 0 Å². The lowest BCUT2D eigenvalue weighted by molar-refractivity contribution is -0.167. The van der Waals surface area contributed by atoms with Gasteiger partial charge in [-0.25, -0.2) is 8.78 Å². The van der Waals surface area contributed by atoms with Crippen LogP contribution in [0.25, 0.3) is 11.1 Å². The quantitative estimate of drug-likeness (QED) is 0.486. The predicted molar refractivity (Wildman–Crippen MR) is 138 cm³/mol. The van der Waals surface area contributed by atoms with Crippen molar-refractivity contribution in [1.82, 2.24) is 4.90 Å². The molecule has 1 heterocycles. The third kappa shape index (κ3) is 6.03. The molecule has 2 aromatic rings. The van der Waals surface area contributed by atoms with Crippen LogP contribution in [0.5, 0.6) is 0 Å². The Morgan fingerprint density at radius 2 is 2.03 bits per heavy atom. The van der Waals surface area contributed by atoms with Gasteiger partial charge in [0.1, 0.15) is 23.3 Å². The molecule has 2 aromatic carbocycles. The van der Waals surface area contributed by atoms with Crippen molar-refractivity contribution >= 4 is 5.91 Å². The zero-order valence-corrected chi connectivity index (χ0v) is 21.7. The van der Waals surface area contributed by atoms with E-state index in [0.717, 1.165) is 12.8 Å². The van der Waals surface area contributed by atoms with E-state index in [1.54, 1.807) is 37.1 Å². The number of carbonyl (C=O) groups is 1. The molecule has 8 heteroatoms. The summed E-state index contributed by atoms with van der Waals surface area (Å²) in [4.78, 5) is 15.0. The van der Waals surface area contributed by atoms with E-state index in [1.807, 2.05) is 0 Å². The molecule has 202 valence electrons. The molecule has 37 heavy (non-hydrogen) atoms. The van der Waals surface area contributed by atoms with Crippen molar-refractivity contribution < 1.29 is 28.2 Å². The molecule has 0 unspecified atom stereocenters. The van der Waals surface area contributed by atoms with Gasteiger partial charge in [0.25, 0.3) is 0 Å². The zero-order valence-electron chi connectivity index (χ0n) is 21.7. The molecule has 1 amide bonds. The lowest BCUT2D eigenvalue weighted by Crippen LogP contribution is -2.55.